The number of hydrogen-bond acceptors (Lipinski definition) is 2. The summed E-state index contributed by atoms with van der Waals surface area (Å²) in [7, 11) is 0. The second-order valence-corrected chi connectivity index (χ2v) is 4.55. The molecule has 82 valence electrons. The fraction of sp³-hybridized carbons (Fsp3) is 0.364. The average Bonchev–Trinajstić information content (AvgIpc) is 2.10. The van der Waals surface area contributed by atoms with Crippen molar-refractivity contribution in [2.45, 2.75) is 26.3 Å². The summed E-state index contributed by atoms with van der Waals surface area (Å²) in [5.74, 6) is -0.0493. The Morgan fingerprint density at radius 1 is 1.60 bits per heavy atom. The number of aryl methyl sites for hydroxylation is 1. The van der Waals surface area contributed by atoms with E-state index in [4.69, 9.17) is 5.73 Å². The topological polar surface area (TPSA) is 55.1 Å². The number of halogens is 1. The van der Waals surface area contributed by atoms with E-state index in [1.807, 2.05) is 32.0 Å². The van der Waals surface area contributed by atoms with E-state index in [2.05, 4.69) is 21.2 Å². The third-order valence-electron chi connectivity index (χ3n) is 1.95. The molecule has 0 aliphatic heterocycles. The lowest BCUT2D eigenvalue weighted by Gasteiger charge is -2.08. The molecule has 3 N–H and O–H groups in total. The van der Waals surface area contributed by atoms with Crippen LogP contribution in [0.25, 0.3) is 0 Å². The summed E-state index contributed by atoms with van der Waals surface area (Å²) in [6.07, 6.45) is 0.342. The summed E-state index contributed by atoms with van der Waals surface area (Å²) >= 11 is 3.40. The molecule has 4 heteroatoms. The highest BCUT2D eigenvalue weighted by Crippen LogP contribution is 2.20. The van der Waals surface area contributed by atoms with Crippen molar-refractivity contribution in [3.8, 4) is 0 Å². The van der Waals surface area contributed by atoms with Gasteiger partial charge in [-0.3, -0.25) is 4.79 Å². The SMILES string of the molecule is Cc1cc(NC(=O)CC(C)N)ccc1Br. The third-order valence-corrected chi connectivity index (χ3v) is 2.84. The fourth-order valence-corrected chi connectivity index (χ4v) is 1.47. The van der Waals surface area contributed by atoms with Gasteiger partial charge in [0.1, 0.15) is 0 Å². The first kappa shape index (κ1) is 12.2. The van der Waals surface area contributed by atoms with Crippen molar-refractivity contribution < 1.29 is 4.79 Å². The van der Waals surface area contributed by atoms with Crippen molar-refractivity contribution in [3.05, 3.63) is 28.2 Å². The van der Waals surface area contributed by atoms with Crippen LogP contribution in [0.4, 0.5) is 5.69 Å². The molecule has 0 fully saturated rings. The van der Waals surface area contributed by atoms with Gasteiger partial charge in [-0.1, -0.05) is 15.9 Å². The molecule has 0 spiro atoms. The maximum absolute atomic E-state index is 11.4. The molecule has 0 bridgehead atoms. The molecular formula is C11H15BrN2O. The molecule has 1 unspecified atom stereocenters. The standard InChI is InChI=1S/C11H15BrN2O/c1-7-5-9(3-4-10(7)12)14-11(15)6-8(2)13/h3-5,8H,6,13H2,1-2H3,(H,14,15). The number of hydrogen-bond donors (Lipinski definition) is 2. The molecule has 0 saturated heterocycles. The molecule has 0 radical (unpaired) electrons. The number of carbonyl (C=O) groups excluding carboxylic acids is 1. The first-order valence-corrected chi connectivity index (χ1v) is 5.60. The van der Waals surface area contributed by atoms with Crippen molar-refractivity contribution in [3.63, 3.8) is 0 Å². The van der Waals surface area contributed by atoms with Crippen LogP contribution in [0.1, 0.15) is 18.9 Å². The fourth-order valence-electron chi connectivity index (χ4n) is 1.23. The summed E-state index contributed by atoms with van der Waals surface area (Å²) in [6, 6.07) is 5.58. The zero-order valence-corrected chi connectivity index (χ0v) is 10.5. The minimum Gasteiger partial charge on any atom is -0.327 e. The molecule has 15 heavy (non-hydrogen) atoms. The Morgan fingerprint density at radius 2 is 2.27 bits per heavy atom. The predicted octanol–water partition coefficient (Wildman–Crippen LogP) is 2.43. The molecule has 1 aromatic rings. The molecule has 0 heterocycles. The van der Waals surface area contributed by atoms with E-state index in [1.54, 1.807) is 0 Å². The Bertz CT molecular complexity index is 364. The predicted molar refractivity (Wildman–Crippen MR) is 65.8 cm³/mol. The second kappa shape index (κ2) is 5.28. The van der Waals surface area contributed by atoms with Gasteiger partial charge in [0.05, 0.1) is 0 Å². The number of amides is 1. The van der Waals surface area contributed by atoms with E-state index in [0.717, 1.165) is 15.7 Å². The summed E-state index contributed by atoms with van der Waals surface area (Å²) in [4.78, 5) is 11.4. The van der Waals surface area contributed by atoms with E-state index >= 15 is 0 Å². The molecule has 1 amide bonds. The molecule has 0 aliphatic carbocycles. The van der Waals surface area contributed by atoms with Crippen LogP contribution in [-0.2, 0) is 4.79 Å². The largest absolute Gasteiger partial charge is 0.327 e. The maximum Gasteiger partial charge on any atom is 0.225 e. The van der Waals surface area contributed by atoms with Gasteiger partial charge in [0, 0.05) is 22.6 Å². The van der Waals surface area contributed by atoms with Crippen LogP contribution in [0.2, 0.25) is 0 Å². The molecule has 0 saturated carbocycles. The minimum atomic E-state index is -0.110. The first-order chi connectivity index (χ1) is 6.99. The third kappa shape index (κ3) is 4.01. The van der Waals surface area contributed by atoms with Gasteiger partial charge in [0.25, 0.3) is 0 Å². The van der Waals surface area contributed by atoms with Gasteiger partial charge in [0.15, 0.2) is 0 Å². The lowest BCUT2D eigenvalue weighted by atomic mass is 10.2. The van der Waals surface area contributed by atoms with Crippen LogP contribution in [-0.4, -0.2) is 11.9 Å². The second-order valence-electron chi connectivity index (χ2n) is 3.69. The zero-order valence-electron chi connectivity index (χ0n) is 8.88. The molecule has 1 rings (SSSR count). The molecule has 1 atom stereocenters. The Kier molecular flexibility index (Phi) is 4.29. The van der Waals surface area contributed by atoms with Crippen LogP contribution in [0.3, 0.4) is 0 Å². The van der Waals surface area contributed by atoms with Crippen LogP contribution in [0.15, 0.2) is 22.7 Å². The smallest absolute Gasteiger partial charge is 0.225 e. The van der Waals surface area contributed by atoms with Crippen LogP contribution >= 0.6 is 15.9 Å². The molecule has 3 nitrogen and oxygen atoms in total. The van der Waals surface area contributed by atoms with E-state index < -0.39 is 0 Å². The van der Waals surface area contributed by atoms with Crippen molar-refractivity contribution in [1.29, 1.82) is 0 Å². The van der Waals surface area contributed by atoms with Crippen molar-refractivity contribution >= 4 is 27.5 Å². The molecule has 0 aliphatic rings. The van der Waals surface area contributed by atoms with Crippen LogP contribution in [0, 0.1) is 6.92 Å². The summed E-state index contributed by atoms with van der Waals surface area (Å²) in [5, 5.41) is 2.80. The number of benzene rings is 1. The highest BCUT2D eigenvalue weighted by molar-refractivity contribution is 9.10. The number of carbonyl (C=O) groups is 1. The Balaban J connectivity index is 2.65. The number of nitrogens with two attached hydrogens (primary N) is 1. The van der Waals surface area contributed by atoms with Gasteiger partial charge in [-0.2, -0.15) is 0 Å². The lowest BCUT2D eigenvalue weighted by Crippen LogP contribution is -2.23. The zero-order chi connectivity index (χ0) is 11.4. The number of nitrogens with one attached hydrogen (secondary N) is 1. The highest BCUT2D eigenvalue weighted by atomic mass is 79.9. The van der Waals surface area contributed by atoms with Crippen molar-refractivity contribution in [2.24, 2.45) is 5.73 Å². The quantitative estimate of drug-likeness (QED) is 0.887. The summed E-state index contributed by atoms with van der Waals surface area (Å²) in [6.45, 7) is 3.79. The van der Waals surface area contributed by atoms with Crippen LogP contribution < -0.4 is 11.1 Å². The first-order valence-electron chi connectivity index (χ1n) is 4.80. The van der Waals surface area contributed by atoms with Gasteiger partial charge in [0.2, 0.25) is 5.91 Å². The summed E-state index contributed by atoms with van der Waals surface area (Å²) < 4.78 is 1.03. The van der Waals surface area contributed by atoms with Gasteiger partial charge in [-0.15, -0.1) is 0 Å². The lowest BCUT2D eigenvalue weighted by molar-refractivity contribution is -0.116. The van der Waals surface area contributed by atoms with E-state index in [-0.39, 0.29) is 11.9 Å². The number of rotatable bonds is 3. The van der Waals surface area contributed by atoms with Crippen molar-refractivity contribution in [2.75, 3.05) is 5.32 Å². The van der Waals surface area contributed by atoms with Crippen LogP contribution in [0.5, 0.6) is 0 Å². The Hall–Kier alpha value is -0.870. The van der Waals surface area contributed by atoms with Gasteiger partial charge in [-0.25, -0.2) is 0 Å². The van der Waals surface area contributed by atoms with E-state index in [9.17, 15) is 4.79 Å². The van der Waals surface area contributed by atoms with E-state index in [0.29, 0.717) is 6.42 Å². The van der Waals surface area contributed by atoms with Gasteiger partial charge < -0.3 is 11.1 Å². The monoisotopic (exact) mass is 270 g/mol. The average molecular weight is 271 g/mol. The highest BCUT2D eigenvalue weighted by Gasteiger charge is 2.05. The van der Waals surface area contributed by atoms with Gasteiger partial charge >= 0.3 is 0 Å². The summed E-state index contributed by atoms with van der Waals surface area (Å²) in [5.41, 5.74) is 7.43. The normalized spacial score (nSPS) is 12.3. The van der Waals surface area contributed by atoms with Gasteiger partial charge in [-0.05, 0) is 37.6 Å². The Morgan fingerprint density at radius 3 is 2.80 bits per heavy atom. The molecule has 1 aromatic carbocycles. The molecular weight excluding hydrogens is 256 g/mol. The number of anilines is 1. The molecule has 0 aromatic heterocycles. The van der Waals surface area contributed by atoms with E-state index in [1.165, 1.54) is 0 Å². The minimum absolute atomic E-state index is 0.0493. The maximum atomic E-state index is 11.4. The Labute approximate surface area is 98.2 Å². The van der Waals surface area contributed by atoms with Crippen molar-refractivity contribution in [1.82, 2.24) is 0 Å².